The summed E-state index contributed by atoms with van der Waals surface area (Å²) in [6, 6.07) is 0. The van der Waals surface area contributed by atoms with E-state index in [9.17, 15) is 21.6 Å². The molecule has 2 unspecified atom stereocenters. The lowest BCUT2D eigenvalue weighted by Gasteiger charge is -2.61. The van der Waals surface area contributed by atoms with E-state index in [0.29, 0.717) is 54.8 Å². The van der Waals surface area contributed by atoms with Gasteiger partial charge in [0.25, 0.3) is 10.1 Å². The number of hydrogen-bond acceptors (Lipinski definition) is 6. The van der Waals surface area contributed by atoms with Crippen LogP contribution in [0.1, 0.15) is 91.4 Å². The maximum absolute atomic E-state index is 12.2. The number of fused-ring (bicyclic) bond motifs is 5. The van der Waals surface area contributed by atoms with E-state index in [1.54, 1.807) is 0 Å². The second-order valence-electron chi connectivity index (χ2n) is 13.0. The van der Waals surface area contributed by atoms with E-state index >= 15 is 0 Å². The van der Waals surface area contributed by atoms with E-state index in [4.69, 9.17) is 13.3 Å². The van der Waals surface area contributed by atoms with Gasteiger partial charge in [-0.15, -0.1) is 0 Å². The third kappa shape index (κ3) is 6.36. The molecule has 4 aliphatic rings. The monoisotopic (exact) mass is 563 g/mol. The molecule has 1 amide bonds. The van der Waals surface area contributed by atoms with Crippen LogP contribution in [0.3, 0.4) is 0 Å². The molecule has 0 aromatic carbocycles. The molecule has 4 aliphatic carbocycles. The average Bonchev–Trinajstić information content (AvgIpc) is 3.13. The smallest absolute Gasteiger partial charge is 0.355 e. The van der Waals surface area contributed by atoms with Crippen molar-refractivity contribution in [3.8, 4) is 0 Å². The SMILES string of the molecule is CC(CCC(=O)NCCS(=O)(=O)O)[C@H]1CC[C@H]2[C@@H]3CCC4C[C@H](OS(=O)(=O)O)CC[C@]4(C)[C@H]3CC[C@]12C. The third-order valence-electron chi connectivity index (χ3n) is 11.1. The van der Waals surface area contributed by atoms with Gasteiger partial charge in [-0.25, -0.2) is 4.18 Å². The van der Waals surface area contributed by atoms with Crippen molar-refractivity contribution in [2.24, 2.45) is 46.3 Å². The maximum atomic E-state index is 12.2. The van der Waals surface area contributed by atoms with Gasteiger partial charge in [-0.3, -0.25) is 13.9 Å². The van der Waals surface area contributed by atoms with Crippen molar-refractivity contribution in [1.29, 1.82) is 0 Å². The Morgan fingerprint density at radius 1 is 0.973 bits per heavy atom. The van der Waals surface area contributed by atoms with E-state index in [2.05, 4.69) is 26.1 Å². The lowest BCUT2D eigenvalue weighted by molar-refractivity contribution is -0.127. The Balaban J connectivity index is 1.35. The summed E-state index contributed by atoms with van der Waals surface area (Å²) in [5, 5.41) is 2.60. The van der Waals surface area contributed by atoms with Crippen LogP contribution >= 0.6 is 0 Å². The van der Waals surface area contributed by atoms with Gasteiger partial charge in [0.2, 0.25) is 5.91 Å². The molecule has 214 valence electrons. The molecule has 9 nitrogen and oxygen atoms in total. The highest BCUT2D eigenvalue weighted by Gasteiger charge is 2.60. The summed E-state index contributed by atoms with van der Waals surface area (Å²) in [6.07, 6.45) is 10.1. The van der Waals surface area contributed by atoms with Crippen LogP contribution in [-0.4, -0.2) is 50.2 Å². The Hall–Kier alpha value is -0.750. The minimum atomic E-state index is -4.42. The van der Waals surface area contributed by atoms with Crippen LogP contribution < -0.4 is 5.32 Å². The third-order valence-corrected chi connectivity index (χ3v) is 12.4. The van der Waals surface area contributed by atoms with Gasteiger partial charge in [0.05, 0.1) is 11.9 Å². The summed E-state index contributed by atoms with van der Waals surface area (Å²) in [4.78, 5) is 12.2. The highest BCUT2D eigenvalue weighted by atomic mass is 32.3. The molecule has 0 aromatic heterocycles. The molecule has 0 heterocycles. The lowest BCUT2D eigenvalue weighted by Crippen LogP contribution is -2.54. The van der Waals surface area contributed by atoms with Crippen LogP contribution in [0, 0.1) is 46.3 Å². The first-order valence-corrected chi connectivity index (χ1v) is 17.0. The number of amides is 1. The highest BCUT2D eigenvalue weighted by Crippen LogP contribution is 2.68. The van der Waals surface area contributed by atoms with Gasteiger partial charge in [0.15, 0.2) is 0 Å². The zero-order valence-corrected chi connectivity index (χ0v) is 24.0. The van der Waals surface area contributed by atoms with Gasteiger partial charge < -0.3 is 5.32 Å². The van der Waals surface area contributed by atoms with Crippen LogP contribution in [0.5, 0.6) is 0 Å². The fraction of sp³-hybridized carbons (Fsp3) is 0.962. The largest absolute Gasteiger partial charge is 0.397 e. The predicted octanol–water partition coefficient (Wildman–Crippen LogP) is 4.25. The molecule has 37 heavy (non-hydrogen) atoms. The molecular weight excluding hydrogens is 518 g/mol. The molecule has 4 saturated carbocycles. The van der Waals surface area contributed by atoms with Crippen molar-refractivity contribution >= 4 is 26.4 Å². The van der Waals surface area contributed by atoms with Gasteiger partial charge in [-0.2, -0.15) is 16.8 Å². The van der Waals surface area contributed by atoms with Crippen molar-refractivity contribution in [2.45, 2.75) is 97.5 Å². The lowest BCUT2D eigenvalue weighted by atomic mass is 9.44. The Bertz CT molecular complexity index is 1060. The Kier molecular flexibility index (Phi) is 8.43. The normalized spacial score (nSPS) is 40.8. The van der Waals surface area contributed by atoms with Crippen molar-refractivity contribution in [2.75, 3.05) is 12.3 Å². The minimum Gasteiger partial charge on any atom is -0.355 e. The Morgan fingerprint density at radius 2 is 1.65 bits per heavy atom. The first-order chi connectivity index (χ1) is 17.1. The molecule has 4 rings (SSSR count). The second-order valence-corrected chi connectivity index (χ2v) is 15.6. The van der Waals surface area contributed by atoms with E-state index in [1.807, 2.05) is 0 Å². The van der Waals surface area contributed by atoms with Crippen molar-refractivity contribution in [1.82, 2.24) is 5.32 Å². The quantitative estimate of drug-likeness (QED) is 0.353. The average molecular weight is 564 g/mol. The van der Waals surface area contributed by atoms with E-state index in [1.165, 1.54) is 32.1 Å². The van der Waals surface area contributed by atoms with Gasteiger partial charge in [0, 0.05) is 13.0 Å². The molecule has 0 aliphatic heterocycles. The number of nitrogens with one attached hydrogen (secondary N) is 1. The zero-order valence-electron chi connectivity index (χ0n) is 22.4. The van der Waals surface area contributed by atoms with Crippen LogP contribution in [0.15, 0.2) is 0 Å². The first kappa shape index (κ1) is 29.2. The maximum Gasteiger partial charge on any atom is 0.397 e. The summed E-state index contributed by atoms with van der Waals surface area (Å²) in [6.45, 7) is 7.07. The highest BCUT2D eigenvalue weighted by molar-refractivity contribution is 7.85. The van der Waals surface area contributed by atoms with Crippen LogP contribution in [0.4, 0.5) is 0 Å². The summed E-state index contributed by atoms with van der Waals surface area (Å²) in [5.74, 6) is 2.75. The summed E-state index contributed by atoms with van der Waals surface area (Å²) < 4.78 is 67.2. The van der Waals surface area contributed by atoms with Crippen LogP contribution in [-0.2, 0) is 29.5 Å². The first-order valence-electron chi connectivity index (χ1n) is 14.0. The van der Waals surface area contributed by atoms with E-state index in [0.717, 1.165) is 19.3 Å². The second kappa shape index (κ2) is 10.7. The van der Waals surface area contributed by atoms with Gasteiger partial charge in [-0.05, 0) is 111 Å². The van der Waals surface area contributed by atoms with Crippen LogP contribution in [0.25, 0.3) is 0 Å². The molecular formula is C26H45NO8S2. The molecule has 0 radical (unpaired) electrons. The number of rotatable bonds is 9. The molecule has 0 saturated heterocycles. The fourth-order valence-electron chi connectivity index (χ4n) is 9.42. The molecule has 0 aromatic rings. The summed E-state index contributed by atoms with van der Waals surface area (Å²) in [7, 11) is -8.49. The summed E-state index contributed by atoms with van der Waals surface area (Å²) in [5.41, 5.74) is 0.448. The molecule has 0 spiro atoms. The van der Waals surface area contributed by atoms with Gasteiger partial charge in [0.1, 0.15) is 0 Å². The molecule has 3 N–H and O–H groups in total. The van der Waals surface area contributed by atoms with Crippen LogP contribution in [0.2, 0.25) is 0 Å². The number of carbonyl (C=O) groups is 1. The summed E-state index contributed by atoms with van der Waals surface area (Å²) >= 11 is 0. The predicted molar refractivity (Wildman–Crippen MR) is 139 cm³/mol. The standard InChI is InChI=1S/C26H45NO8S2/c1-17(4-9-24(28)27-14-15-36(29,30)31)21-7-8-22-20-6-5-18-16-19(35-37(32,33)34)10-12-25(18,2)23(20)11-13-26(21,22)3/h17-23H,4-16H2,1-3H3,(H,27,28)(H,29,30,31)(H,32,33,34)/t17?,18?,19-,20+,21-,22+,23+,25+,26-/m1/s1. The fourth-order valence-corrected chi connectivity index (χ4v) is 10.3. The topological polar surface area (TPSA) is 147 Å². The molecule has 4 fully saturated rings. The molecule has 0 bridgehead atoms. The van der Waals surface area contributed by atoms with E-state index < -0.39 is 32.4 Å². The molecule has 9 atom stereocenters. The number of hydrogen-bond donors (Lipinski definition) is 3. The van der Waals surface area contributed by atoms with Crippen molar-refractivity contribution in [3.05, 3.63) is 0 Å². The van der Waals surface area contributed by atoms with Crippen molar-refractivity contribution in [3.63, 3.8) is 0 Å². The van der Waals surface area contributed by atoms with Crippen molar-refractivity contribution < 1.29 is 34.9 Å². The minimum absolute atomic E-state index is 0.0687. The number of carbonyl (C=O) groups excluding carboxylic acids is 1. The van der Waals surface area contributed by atoms with Gasteiger partial charge in [-0.1, -0.05) is 20.8 Å². The Labute approximate surface area is 222 Å². The zero-order chi connectivity index (χ0) is 27.2. The Morgan fingerprint density at radius 3 is 2.32 bits per heavy atom. The van der Waals surface area contributed by atoms with Gasteiger partial charge >= 0.3 is 10.4 Å². The van der Waals surface area contributed by atoms with E-state index in [-0.39, 0.29) is 23.3 Å². The molecule has 11 heteroatoms.